The average Bonchev–Trinajstić information content (AvgIpc) is 3.01. The van der Waals surface area contributed by atoms with E-state index >= 15 is 0 Å². The SMILES string of the molecule is c1c[nH]c(-c2cccn2C2CCCCC2)c1. The summed E-state index contributed by atoms with van der Waals surface area (Å²) in [4.78, 5) is 3.30. The Kier molecular flexibility index (Phi) is 2.56. The number of hydrogen-bond acceptors (Lipinski definition) is 0. The minimum Gasteiger partial charge on any atom is -0.360 e. The van der Waals surface area contributed by atoms with E-state index < -0.39 is 0 Å². The number of nitrogens with zero attached hydrogens (tertiary/aromatic N) is 1. The highest BCUT2D eigenvalue weighted by atomic mass is 15.0. The second-order valence-corrected chi connectivity index (χ2v) is 4.68. The maximum atomic E-state index is 3.30. The lowest BCUT2D eigenvalue weighted by atomic mass is 9.95. The molecule has 0 aliphatic heterocycles. The van der Waals surface area contributed by atoms with Crippen LogP contribution in [-0.2, 0) is 0 Å². The van der Waals surface area contributed by atoms with E-state index in [0.29, 0.717) is 6.04 Å². The van der Waals surface area contributed by atoms with Gasteiger partial charge in [0.15, 0.2) is 0 Å². The molecule has 2 aromatic heterocycles. The van der Waals surface area contributed by atoms with E-state index in [2.05, 4.69) is 40.0 Å². The predicted octanol–water partition coefficient (Wildman–Crippen LogP) is 3.99. The first kappa shape index (κ1) is 9.76. The molecular formula is C14H18N2. The van der Waals surface area contributed by atoms with E-state index in [1.165, 1.54) is 43.5 Å². The molecule has 1 saturated carbocycles. The summed E-state index contributed by atoms with van der Waals surface area (Å²) in [6.45, 7) is 0. The summed E-state index contributed by atoms with van der Waals surface area (Å²) >= 11 is 0. The molecule has 16 heavy (non-hydrogen) atoms. The summed E-state index contributed by atoms with van der Waals surface area (Å²) in [6, 6.07) is 9.29. The van der Waals surface area contributed by atoms with Gasteiger partial charge in [0.05, 0.1) is 11.4 Å². The molecule has 0 saturated heterocycles. The van der Waals surface area contributed by atoms with Crippen molar-refractivity contribution in [2.45, 2.75) is 38.1 Å². The van der Waals surface area contributed by atoms with Crippen LogP contribution in [-0.4, -0.2) is 9.55 Å². The van der Waals surface area contributed by atoms with Crippen LogP contribution in [0.2, 0.25) is 0 Å². The number of aromatic amines is 1. The second kappa shape index (κ2) is 4.20. The third-order valence-electron chi connectivity index (χ3n) is 3.62. The van der Waals surface area contributed by atoms with Crippen LogP contribution >= 0.6 is 0 Å². The molecule has 84 valence electrons. The first-order valence-electron chi connectivity index (χ1n) is 6.26. The highest BCUT2D eigenvalue weighted by molar-refractivity contribution is 5.55. The van der Waals surface area contributed by atoms with Crippen LogP contribution < -0.4 is 0 Å². The Morgan fingerprint density at radius 3 is 2.69 bits per heavy atom. The fourth-order valence-corrected chi connectivity index (χ4v) is 2.79. The molecule has 1 fully saturated rings. The Morgan fingerprint density at radius 2 is 1.94 bits per heavy atom. The summed E-state index contributed by atoms with van der Waals surface area (Å²) in [5.41, 5.74) is 2.56. The predicted molar refractivity (Wildman–Crippen MR) is 66.3 cm³/mol. The van der Waals surface area contributed by atoms with Gasteiger partial charge < -0.3 is 9.55 Å². The maximum Gasteiger partial charge on any atom is 0.0648 e. The van der Waals surface area contributed by atoms with Crippen molar-refractivity contribution < 1.29 is 0 Å². The fourth-order valence-electron chi connectivity index (χ4n) is 2.79. The largest absolute Gasteiger partial charge is 0.360 e. The van der Waals surface area contributed by atoms with Gasteiger partial charge in [0.1, 0.15) is 0 Å². The van der Waals surface area contributed by atoms with Crippen LogP contribution in [0.15, 0.2) is 36.7 Å². The minimum atomic E-state index is 0.710. The van der Waals surface area contributed by atoms with Gasteiger partial charge in [-0.05, 0) is 37.1 Å². The van der Waals surface area contributed by atoms with E-state index in [0.717, 1.165) is 0 Å². The monoisotopic (exact) mass is 214 g/mol. The molecule has 2 heteroatoms. The van der Waals surface area contributed by atoms with Crippen LogP contribution in [0.1, 0.15) is 38.1 Å². The van der Waals surface area contributed by atoms with Gasteiger partial charge in [-0.25, -0.2) is 0 Å². The van der Waals surface area contributed by atoms with Crippen LogP contribution in [0, 0.1) is 0 Å². The van der Waals surface area contributed by atoms with E-state index in [1.807, 2.05) is 6.20 Å². The van der Waals surface area contributed by atoms with Gasteiger partial charge >= 0.3 is 0 Å². The van der Waals surface area contributed by atoms with Gasteiger partial charge in [-0.2, -0.15) is 0 Å². The van der Waals surface area contributed by atoms with E-state index in [4.69, 9.17) is 0 Å². The van der Waals surface area contributed by atoms with Crippen LogP contribution in [0.25, 0.3) is 11.4 Å². The molecule has 1 aliphatic rings. The average molecular weight is 214 g/mol. The molecule has 1 aliphatic carbocycles. The summed E-state index contributed by atoms with van der Waals surface area (Å²) in [7, 11) is 0. The zero-order valence-corrected chi connectivity index (χ0v) is 9.52. The zero-order valence-electron chi connectivity index (χ0n) is 9.52. The fraction of sp³-hybridized carbons (Fsp3) is 0.429. The Hall–Kier alpha value is -1.44. The van der Waals surface area contributed by atoms with Gasteiger partial charge in [0.2, 0.25) is 0 Å². The summed E-state index contributed by atoms with van der Waals surface area (Å²) < 4.78 is 2.45. The number of hydrogen-bond donors (Lipinski definition) is 1. The molecule has 2 heterocycles. The number of H-pyrrole nitrogens is 1. The number of rotatable bonds is 2. The molecule has 0 radical (unpaired) electrons. The smallest absolute Gasteiger partial charge is 0.0648 e. The van der Waals surface area contributed by atoms with Crippen molar-refractivity contribution in [2.24, 2.45) is 0 Å². The van der Waals surface area contributed by atoms with Gasteiger partial charge in [-0.15, -0.1) is 0 Å². The molecule has 2 aromatic rings. The normalized spacial score (nSPS) is 17.8. The zero-order chi connectivity index (χ0) is 10.8. The van der Waals surface area contributed by atoms with Crippen molar-refractivity contribution in [1.29, 1.82) is 0 Å². The molecule has 0 aromatic carbocycles. The second-order valence-electron chi connectivity index (χ2n) is 4.68. The summed E-state index contributed by atoms with van der Waals surface area (Å²) in [5.74, 6) is 0. The molecule has 0 bridgehead atoms. The highest BCUT2D eigenvalue weighted by Crippen LogP contribution is 2.32. The van der Waals surface area contributed by atoms with Crippen LogP contribution in [0.4, 0.5) is 0 Å². The number of nitrogens with one attached hydrogen (secondary N) is 1. The van der Waals surface area contributed by atoms with Crippen molar-refractivity contribution >= 4 is 0 Å². The first-order valence-corrected chi connectivity index (χ1v) is 6.26. The lowest BCUT2D eigenvalue weighted by molar-refractivity contribution is 0.356. The van der Waals surface area contributed by atoms with Crippen LogP contribution in [0.5, 0.6) is 0 Å². The van der Waals surface area contributed by atoms with Gasteiger partial charge in [-0.1, -0.05) is 19.3 Å². The molecule has 1 N–H and O–H groups in total. The topological polar surface area (TPSA) is 20.7 Å². The van der Waals surface area contributed by atoms with Crippen molar-refractivity contribution in [3.05, 3.63) is 36.7 Å². The van der Waals surface area contributed by atoms with Crippen molar-refractivity contribution in [1.82, 2.24) is 9.55 Å². The molecule has 0 spiro atoms. The third kappa shape index (κ3) is 1.69. The molecule has 2 nitrogen and oxygen atoms in total. The standard InChI is InChI=1S/C14H18N2/c1-2-6-12(7-3-1)16-11-5-9-14(16)13-8-4-10-15-13/h4-5,8-12,15H,1-3,6-7H2. The summed E-state index contributed by atoms with van der Waals surface area (Å²) in [5, 5.41) is 0. The van der Waals surface area contributed by atoms with Gasteiger partial charge in [0.25, 0.3) is 0 Å². The number of aromatic nitrogens is 2. The quantitative estimate of drug-likeness (QED) is 0.780. The van der Waals surface area contributed by atoms with Crippen molar-refractivity contribution in [3.63, 3.8) is 0 Å². The van der Waals surface area contributed by atoms with E-state index in [1.54, 1.807) is 0 Å². The lowest BCUT2D eigenvalue weighted by Crippen LogP contribution is -2.12. The molecule has 0 amide bonds. The third-order valence-corrected chi connectivity index (χ3v) is 3.62. The Bertz CT molecular complexity index is 433. The van der Waals surface area contributed by atoms with E-state index in [9.17, 15) is 0 Å². The Labute approximate surface area is 96.3 Å². The minimum absolute atomic E-state index is 0.710. The maximum absolute atomic E-state index is 3.30. The Morgan fingerprint density at radius 1 is 1.06 bits per heavy atom. The van der Waals surface area contributed by atoms with Crippen molar-refractivity contribution in [2.75, 3.05) is 0 Å². The molecule has 3 rings (SSSR count). The lowest BCUT2D eigenvalue weighted by Gasteiger charge is -2.25. The van der Waals surface area contributed by atoms with Crippen molar-refractivity contribution in [3.8, 4) is 11.4 Å². The van der Waals surface area contributed by atoms with Gasteiger partial charge in [-0.3, -0.25) is 0 Å². The van der Waals surface area contributed by atoms with E-state index in [-0.39, 0.29) is 0 Å². The molecular weight excluding hydrogens is 196 g/mol. The van der Waals surface area contributed by atoms with Crippen LogP contribution in [0.3, 0.4) is 0 Å². The Balaban J connectivity index is 1.92. The first-order chi connectivity index (χ1) is 7.95. The molecule has 0 unspecified atom stereocenters. The van der Waals surface area contributed by atoms with Gasteiger partial charge in [0, 0.05) is 18.4 Å². The highest BCUT2D eigenvalue weighted by Gasteiger charge is 2.17. The summed E-state index contributed by atoms with van der Waals surface area (Å²) in [6.07, 6.45) is 11.1. The molecule has 0 atom stereocenters.